The topological polar surface area (TPSA) is 35.2 Å². The summed E-state index contributed by atoms with van der Waals surface area (Å²) in [5.74, 6) is 0.568. The highest BCUT2D eigenvalue weighted by molar-refractivity contribution is 5.38. The first-order chi connectivity index (χ1) is 9.04. The third-order valence-electron chi connectivity index (χ3n) is 4.98. The Bertz CT molecular complexity index is 459. The maximum Gasteiger partial charge on any atom is 0.0623 e. The lowest BCUT2D eigenvalue weighted by Gasteiger charge is -2.26. The zero-order valence-corrected chi connectivity index (χ0v) is 12.3. The van der Waals surface area contributed by atoms with Crippen LogP contribution in [0.5, 0.6) is 0 Å². The second-order valence-corrected chi connectivity index (χ2v) is 6.52. The standard InChI is InChI=1S/C17H25NO/c1-10-6-11(2)14(12(3)7-10)9-16(18)15-8-13-4-5-17(15)19-13/h6-7,13,15-17H,4-5,8-9,18H2,1-3H3. The number of hydrogen-bond donors (Lipinski definition) is 1. The largest absolute Gasteiger partial charge is 0.375 e. The van der Waals surface area contributed by atoms with Crippen molar-refractivity contribution in [3.8, 4) is 0 Å². The summed E-state index contributed by atoms with van der Waals surface area (Å²) in [6.07, 6.45) is 5.57. The second kappa shape index (κ2) is 4.92. The summed E-state index contributed by atoms with van der Waals surface area (Å²) < 4.78 is 5.94. The van der Waals surface area contributed by atoms with E-state index in [9.17, 15) is 0 Å². The van der Waals surface area contributed by atoms with Crippen LogP contribution in [0, 0.1) is 26.7 Å². The highest BCUT2D eigenvalue weighted by atomic mass is 16.5. The first kappa shape index (κ1) is 13.1. The van der Waals surface area contributed by atoms with Gasteiger partial charge < -0.3 is 10.5 Å². The van der Waals surface area contributed by atoms with Crippen LogP contribution in [0.1, 0.15) is 41.5 Å². The van der Waals surface area contributed by atoms with Crippen LogP contribution < -0.4 is 5.73 Å². The monoisotopic (exact) mass is 259 g/mol. The first-order valence-corrected chi connectivity index (χ1v) is 7.52. The smallest absolute Gasteiger partial charge is 0.0623 e. The molecule has 2 N–H and O–H groups in total. The quantitative estimate of drug-likeness (QED) is 0.905. The fraction of sp³-hybridized carbons (Fsp3) is 0.647. The molecular weight excluding hydrogens is 234 g/mol. The van der Waals surface area contributed by atoms with Gasteiger partial charge >= 0.3 is 0 Å². The van der Waals surface area contributed by atoms with Crippen molar-refractivity contribution in [1.29, 1.82) is 0 Å². The van der Waals surface area contributed by atoms with E-state index in [1.807, 2.05) is 0 Å². The average Bonchev–Trinajstić information content (AvgIpc) is 2.95. The Labute approximate surface area is 116 Å². The van der Waals surface area contributed by atoms with Crippen LogP contribution in [0.2, 0.25) is 0 Å². The molecule has 0 spiro atoms. The van der Waals surface area contributed by atoms with Crippen LogP contribution in [-0.2, 0) is 11.2 Å². The van der Waals surface area contributed by atoms with Crippen molar-refractivity contribution in [3.05, 3.63) is 34.4 Å². The third-order valence-corrected chi connectivity index (χ3v) is 4.98. The SMILES string of the molecule is Cc1cc(C)c(CC(N)C2CC3CCC2O3)c(C)c1. The average molecular weight is 259 g/mol. The van der Waals surface area contributed by atoms with Crippen molar-refractivity contribution in [3.63, 3.8) is 0 Å². The van der Waals surface area contributed by atoms with E-state index < -0.39 is 0 Å². The lowest BCUT2D eigenvalue weighted by Crippen LogP contribution is -2.38. The normalized spacial score (nSPS) is 30.8. The molecule has 2 heteroatoms. The van der Waals surface area contributed by atoms with E-state index in [1.165, 1.54) is 41.5 Å². The zero-order valence-electron chi connectivity index (χ0n) is 12.3. The molecule has 2 heterocycles. The number of nitrogens with two attached hydrogens (primary N) is 1. The van der Waals surface area contributed by atoms with Crippen molar-refractivity contribution in [2.75, 3.05) is 0 Å². The minimum absolute atomic E-state index is 0.246. The van der Waals surface area contributed by atoms with Gasteiger partial charge in [0.15, 0.2) is 0 Å². The van der Waals surface area contributed by atoms with Crippen molar-refractivity contribution in [1.82, 2.24) is 0 Å². The highest BCUT2D eigenvalue weighted by Gasteiger charge is 2.43. The van der Waals surface area contributed by atoms with Crippen molar-refractivity contribution in [2.24, 2.45) is 11.7 Å². The van der Waals surface area contributed by atoms with Gasteiger partial charge in [0.25, 0.3) is 0 Å². The molecule has 4 unspecified atom stereocenters. The predicted molar refractivity (Wildman–Crippen MR) is 78.3 cm³/mol. The Morgan fingerprint density at radius 1 is 1.21 bits per heavy atom. The van der Waals surface area contributed by atoms with Gasteiger partial charge in [-0.3, -0.25) is 0 Å². The molecule has 1 aromatic rings. The third kappa shape index (κ3) is 2.44. The molecule has 2 saturated heterocycles. The Morgan fingerprint density at radius 2 is 1.89 bits per heavy atom. The van der Waals surface area contributed by atoms with Gasteiger partial charge in [-0.15, -0.1) is 0 Å². The molecule has 0 radical (unpaired) electrons. The molecular formula is C17H25NO. The van der Waals surface area contributed by atoms with Gasteiger partial charge in [-0.05, 0) is 63.1 Å². The van der Waals surface area contributed by atoms with Gasteiger partial charge in [0.05, 0.1) is 12.2 Å². The maximum atomic E-state index is 6.49. The summed E-state index contributed by atoms with van der Waals surface area (Å²) in [6.45, 7) is 6.58. The molecule has 104 valence electrons. The first-order valence-electron chi connectivity index (χ1n) is 7.52. The molecule has 19 heavy (non-hydrogen) atoms. The maximum absolute atomic E-state index is 6.49. The lowest BCUT2D eigenvalue weighted by atomic mass is 9.81. The fourth-order valence-corrected chi connectivity index (χ4v) is 4.05. The Balaban J connectivity index is 1.75. The van der Waals surface area contributed by atoms with Crippen LogP contribution in [-0.4, -0.2) is 18.2 Å². The van der Waals surface area contributed by atoms with Gasteiger partial charge in [-0.2, -0.15) is 0 Å². The van der Waals surface area contributed by atoms with Crippen molar-refractivity contribution < 1.29 is 4.74 Å². The van der Waals surface area contributed by atoms with E-state index in [4.69, 9.17) is 10.5 Å². The predicted octanol–water partition coefficient (Wildman–Crippen LogP) is 3.05. The zero-order chi connectivity index (χ0) is 13.6. The second-order valence-electron chi connectivity index (χ2n) is 6.52. The van der Waals surface area contributed by atoms with E-state index in [0.717, 1.165) is 6.42 Å². The number of fused-ring (bicyclic) bond motifs is 2. The molecule has 0 saturated carbocycles. The van der Waals surface area contributed by atoms with E-state index in [2.05, 4.69) is 32.9 Å². The van der Waals surface area contributed by atoms with Gasteiger partial charge in [-0.1, -0.05) is 17.7 Å². The Morgan fingerprint density at radius 3 is 2.42 bits per heavy atom. The van der Waals surface area contributed by atoms with Gasteiger partial charge in [0.1, 0.15) is 0 Å². The summed E-state index contributed by atoms with van der Waals surface area (Å²) in [6, 6.07) is 4.79. The van der Waals surface area contributed by atoms with E-state index >= 15 is 0 Å². The minimum Gasteiger partial charge on any atom is -0.375 e. The van der Waals surface area contributed by atoms with Crippen molar-refractivity contribution in [2.45, 2.75) is 64.7 Å². The Kier molecular flexibility index (Phi) is 3.40. The molecule has 0 aromatic heterocycles. The number of benzene rings is 1. The van der Waals surface area contributed by atoms with Crippen LogP contribution in [0.25, 0.3) is 0 Å². The molecule has 4 atom stereocenters. The van der Waals surface area contributed by atoms with Gasteiger partial charge in [0.2, 0.25) is 0 Å². The van der Waals surface area contributed by atoms with Crippen LogP contribution in [0.15, 0.2) is 12.1 Å². The molecule has 2 nitrogen and oxygen atoms in total. The minimum atomic E-state index is 0.246. The summed E-state index contributed by atoms with van der Waals surface area (Å²) in [5.41, 5.74) is 12.1. The highest BCUT2D eigenvalue weighted by Crippen LogP contribution is 2.40. The molecule has 1 aromatic carbocycles. The van der Waals surface area contributed by atoms with E-state index in [1.54, 1.807) is 0 Å². The molecule has 2 aliphatic heterocycles. The van der Waals surface area contributed by atoms with E-state index in [-0.39, 0.29) is 6.04 Å². The molecule has 2 aliphatic rings. The summed E-state index contributed by atoms with van der Waals surface area (Å²) >= 11 is 0. The van der Waals surface area contributed by atoms with Crippen LogP contribution in [0.4, 0.5) is 0 Å². The lowest BCUT2D eigenvalue weighted by molar-refractivity contribution is 0.0885. The fourth-order valence-electron chi connectivity index (χ4n) is 4.05. The van der Waals surface area contributed by atoms with Crippen LogP contribution in [0.3, 0.4) is 0 Å². The van der Waals surface area contributed by atoms with Gasteiger partial charge in [0, 0.05) is 12.0 Å². The number of hydrogen-bond acceptors (Lipinski definition) is 2. The summed E-state index contributed by atoms with van der Waals surface area (Å²) in [5, 5.41) is 0. The molecule has 3 rings (SSSR count). The van der Waals surface area contributed by atoms with E-state index in [0.29, 0.717) is 18.1 Å². The molecule has 0 amide bonds. The van der Waals surface area contributed by atoms with Crippen molar-refractivity contribution >= 4 is 0 Å². The van der Waals surface area contributed by atoms with Crippen LogP contribution >= 0.6 is 0 Å². The summed E-state index contributed by atoms with van der Waals surface area (Å²) in [7, 11) is 0. The Hall–Kier alpha value is -0.860. The number of rotatable bonds is 3. The molecule has 2 bridgehead atoms. The number of aryl methyl sites for hydroxylation is 3. The van der Waals surface area contributed by atoms with Gasteiger partial charge in [-0.25, -0.2) is 0 Å². The summed E-state index contributed by atoms with van der Waals surface area (Å²) in [4.78, 5) is 0. The number of ether oxygens (including phenoxy) is 1. The molecule has 0 aliphatic carbocycles. The molecule has 2 fully saturated rings.